The lowest BCUT2D eigenvalue weighted by Gasteiger charge is -2.17. The van der Waals surface area contributed by atoms with Crippen molar-refractivity contribution in [3.63, 3.8) is 0 Å². The van der Waals surface area contributed by atoms with Gasteiger partial charge in [-0.05, 0) is 38.6 Å². The number of hydrogen-bond acceptors (Lipinski definition) is 2. The van der Waals surface area contributed by atoms with Crippen LogP contribution in [-0.4, -0.2) is 22.6 Å². The number of aryl methyl sites for hydroxylation is 1. The average Bonchev–Trinajstić information content (AvgIpc) is 2.69. The molecule has 0 saturated carbocycles. The van der Waals surface area contributed by atoms with Gasteiger partial charge in [0.25, 0.3) is 0 Å². The molecule has 2 unspecified atom stereocenters. The van der Waals surface area contributed by atoms with E-state index in [1.165, 1.54) is 5.56 Å². The van der Waals surface area contributed by atoms with Crippen LogP contribution in [0.25, 0.3) is 5.52 Å². The van der Waals surface area contributed by atoms with E-state index in [-0.39, 0.29) is 6.04 Å². The SMILES string of the molecule is CNC(C)C(O)c1ccn2cc(C)ccc12. The van der Waals surface area contributed by atoms with Gasteiger partial charge in [0.2, 0.25) is 0 Å². The summed E-state index contributed by atoms with van der Waals surface area (Å²) in [7, 11) is 1.86. The van der Waals surface area contributed by atoms with Crippen molar-refractivity contribution in [1.29, 1.82) is 0 Å². The molecule has 3 nitrogen and oxygen atoms in total. The van der Waals surface area contributed by atoms with Crippen LogP contribution in [0.4, 0.5) is 0 Å². The molecule has 0 bridgehead atoms. The quantitative estimate of drug-likeness (QED) is 0.825. The van der Waals surface area contributed by atoms with Gasteiger partial charge >= 0.3 is 0 Å². The number of likely N-dealkylation sites (N-methyl/N-ethyl adjacent to an activating group) is 1. The molecule has 0 fully saturated rings. The zero-order valence-electron chi connectivity index (χ0n) is 9.94. The molecule has 2 N–H and O–H groups in total. The fraction of sp³-hybridized carbons (Fsp3) is 0.385. The van der Waals surface area contributed by atoms with Gasteiger partial charge in [-0.1, -0.05) is 6.07 Å². The standard InChI is InChI=1S/C13H18N2O/c1-9-4-5-12-11(6-7-15(12)8-9)13(16)10(2)14-3/h4-8,10,13-14,16H,1-3H3. The number of pyridine rings is 1. The average molecular weight is 218 g/mol. The number of nitrogens with zero attached hydrogens (tertiary/aromatic N) is 1. The lowest BCUT2D eigenvalue weighted by molar-refractivity contribution is 0.141. The van der Waals surface area contributed by atoms with Crippen LogP contribution < -0.4 is 5.32 Å². The minimum absolute atomic E-state index is 0.0486. The molecule has 0 saturated heterocycles. The first-order valence-corrected chi connectivity index (χ1v) is 5.56. The molecule has 2 rings (SSSR count). The third-order valence-corrected chi connectivity index (χ3v) is 3.08. The maximum absolute atomic E-state index is 10.2. The maximum Gasteiger partial charge on any atom is 0.0960 e. The molecular formula is C13H18N2O. The first-order valence-electron chi connectivity index (χ1n) is 5.56. The Morgan fingerprint density at radius 2 is 2.06 bits per heavy atom. The first kappa shape index (κ1) is 11.2. The van der Waals surface area contributed by atoms with E-state index in [9.17, 15) is 5.11 Å². The summed E-state index contributed by atoms with van der Waals surface area (Å²) < 4.78 is 2.05. The first-order chi connectivity index (χ1) is 7.63. The monoisotopic (exact) mass is 218 g/mol. The van der Waals surface area contributed by atoms with Gasteiger partial charge in [0.05, 0.1) is 11.6 Å². The highest BCUT2D eigenvalue weighted by atomic mass is 16.3. The summed E-state index contributed by atoms with van der Waals surface area (Å²) in [6.07, 6.45) is 3.58. The van der Waals surface area contributed by atoms with E-state index < -0.39 is 6.10 Å². The summed E-state index contributed by atoms with van der Waals surface area (Å²) in [6.45, 7) is 4.04. The van der Waals surface area contributed by atoms with Crippen molar-refractivity contribution in [1.82, 2.24) is 9.72 Å². The van der Waals surface area contributed by atoms with Crippen LogP contribution in [0.1, 0.15) is 24.2 Å². The largest absolute Gasteiger partial charge is 0.387 e. The highest BCUT2D eigenvalue weighted by Gasteiger charge is 2.17. The summed E-state index contributed by atoms with van der Waals surface area (Å²) in [5, 5.41) is 13.2. The molecule has 0 spiro atoms. The number of rotatable bonds is 3. The van der Waals surface area contributed by atoms with Gasteiger partial charge in [-0.15, -0.1) is 0 Å². The van der Waals surface area contributed by atoms with Crippen LogP contribution >= 0.6 is 0 Å². The minimum Gasteiger partial charge on any atom is -0.387 e. The molecule has 0 amide bonds. The number of hydrogen-bond donors (Lipinski definition) is 2. The van der Waals surface area contributed by atoms with Crippen LogP contribution in [0.5, 0.6) is 0 Å². The third kappa shape index (κ3) is 1.84. The molecule has 2 aromatic heterocycles. The fourth-order valence-corrected chi connectivity index (χ4v) is 1.92. The normalized spacial score (nSPS) is 15.2. The lowest BCUT2D eigenvalue weighted by Crippen LogP contribution is -2.28. The topological polar surface area (TPSA) is 36.7 Å². The molecule has 0 aliphatic carbocycles. The van der Waals surface area contributed by atoms with Gasteiger partial charge in [0.1, 0.15) is 0 Å². The second-order valence-electron chi connectivity index (χ2n) is 4.29. The van der Waals surface area contributed by atoms with Crippen molar-refractivity contribution in [2.45, 2.75) is 26.0 Å². The molecule has 2 aromatic rings. The number of aromatic nitrogens is 1. The molecule has 0 aliphatic heterocycles. The molecule has 0 aliphatic rings. The van der Waals surface area contributed by atoms with Crippen LogP contribution in [0.3, 0.4) is 0 Å². The Kier molecular flexibility index (Phi) is 2.99. The molecule has 0 radical (unpaired) electrons. The number of aliphatic hydroxyl groups is 1. The second kappa shape index (κ2) is 4.28. The Balaban J connectivity index is 2.45. The van der Waals surface area contributed by atoms with E-state index in [1.807, 2.05) is 26.2 Å². The summed E-state index contributed by atoms with van der Waals surface area (Å²) in [6, 6.07) is 6.14. The van der Waals surface area contributed by atoms with Crippen LogP contribution in [0.2, 0.25) is 0 Å². The predicted octanol–water partition coefficient (Wildman–Crippen LogP) is 1.89. The zero-order chi connectivity index (χ0) is 11.7. The Morgan fingerprint density at radius 1 is 1.31 bits per heavy atom. The van der Waals surface area contributed by atoms with Crippen LogP contribution in [0.15, 0.2) is 30.6 Å². The predicted molar refractivity (Wildman–Crippen MR) is 65.6 cm³/mol. The van der Waals surface area contributed by atoms with E-state index in [0.717, 1.165) is 11.1 Å². The van der Waals surface area contributed by atoms with Crippen molar-refractivity contribution in [3.05, 3.63) is 41.7 Å². The van der Waals surface area contributed by atoms with E-state index in [1.54, 1.807) is 0 Å². The van der Waals surface area contributed by atoms with Crippen molar-refractivity contribution in [2.75, 3.05) is 7.05 Å². The summed E-state index contributed by atoms with van der Waals surface area (Å²) in [4.78, 5) is 0. The summed E-state index contributed by atoms with van der Waals surface area (Å²) in [5.41, 5.74) is 3.26. The Labute approximate surface area is 95.7 Å². The Bertz CT molecular complexity index is 490. The second-order valence-corrected chi connectivity index (χ2v) is 4.29. The van der Waals surface area contributed by atoms with Gasteiger partial charge in [-0.3, -0.25) is 0 Å². The Morgan fingerprint density at radius 3 is 2.75 bits per heavy atom. The zero-order valence-corrected chi connectivity index (χ0v) is 9.94. The molecule has 2 heterocycles. The number of aliphatic hydroxyl groups excluding tert-OH is 1. The van der Waals surface area contributed by atoms with Gasteiger partial charge in [-0.25, -0.2) is 0 Å². The van der Waals surface area contributed by atoms with Crippen molar-refractivity contribution < 1.29 is 5.11 Å². The van der Waals surface area contributed by atoms with E-state index in [0.29, 0.717) is 0 Å². The molecule has 86 valence electrons. The van der Waals surface area contributed by atoms with E-state index in [2.05, 4.69) is 35.0 Å². The van der Waals surface area contributed by atoms with E-state index >= 15 is 0 Å². The molecular weight excluding hydrogens is 200 g/mol. The van der Waals surface area contributed by atoms with E-state index in [4.69, 9.17) is 0 Å². The molecule has 0 aromatic carbocycles. The van der Waals surface area contributed by atoms with Gasteiger partial charge in [0, 0.05) is 24.0 Å². The van der Waals surface area contributed by atoms with Crippen molar-refractivity contribution in [2.24, 2.45) is 0 Å². The van der Waals surface area contributed by atoms with Gasteiger partial charge < -0.3 is 14.8 Å². The summed E-state index contributed by atoms with van der Waals surface area (Å²) >= 11 is 0. The van der Waals surface area contributed by atoms with Crippen molar-refractivity contribution >= 4 is 5.52 Å². The summed E-state index contributed by atoms with van der Waals surface area (Å²) in [5.74, 6) is 0. The number of nitrogens with one attached hydrogen (secondary N) is 1. The molecule has 16 heavy (non-hydrogen) atoms. The van der Waals surface area contributed by atoms with Crippen LogP contribution in [0, 0.1) is 6.92 Å². The van der Waals surface area contributed by atoms with Gasteiger partial charge in [-0.2, -0.15) is 0 Å². The van der Waals surface area contributed by atoms with Crippen LogP contribution in [-0.2, 0) is 0 Å². The fourth-order valence-electron chi connectivity index (χ4n) is 1.92. The van der Waals surface area contributed by atoms with Crippen molar-refractivity contribution in [3.8, 4) is 0 Å². The Hall–Kier alpha value is -1.32. The lowest BCUT2D eigenvalue weighted by atomic mass is 10.0. The maximum atomic E-state index is 10.2. The highest BCUT2D eigenvalue weighted by molar-refractivity contribution is 5.57. The molecule has 3 heteroatoms. The minimum atomic E-state index is -0.474. The smallest absolute Gasteiger partial charge is 0.0960 e. The number of fused-ring (bicyclic) bond motifs is 1. The van der Waals surface area contributed by atoms with Gasteiger partial charge in [0.15, 0.2) is 0 Å². The highest BCUT2D eigenvalue weighted by Crippen LogP contribution is 2.23. The molecule has 2 atom stereocenters. The third-order valence-electron chi connectivity index (χ3n) is 3.08.